The van der Waals surface area contributed by atoms with E-state index in [1.165, 1.54) is 5.56 Å². The zero-order valence-electron chi connectivity index (χ0n) is 12.9. The van der Waals surface area contributed by atoms with Crippen LogP contribution in [-0.4, -0.2) is 22.5 Å². The first kappa shape index (κ1) is 15.1. The number of carbonyl (C=O) groups excluding carboxylic acids is 1. The topological polar surface area (TPSA) is 69.8 Å². The maximum Gasteiger partial charge on any atom is 0.321 e. The molecule has 0 fully saturated rings. The number of benzene rings is 2. The van der Waals surface area contributed by atoms with E-state index >= 15 is 0 Å². The number of hydrogen-bond donors (Lipinski definition) is 3. The highest BCUT2D eigenvalue weighted by atomic mass is 16.2. The van der Waals surface area contributed by atoms with Crippen molar-refractivity contribution in [2.75, 3.05) is 11.9 Å². The Morgan fingerprint density at radius 2 is 1.78 bits per heavy atom. The number of anilines is 1. The average molecular weight is 308 g/mol. The number of nitrogens with one attached hydrogen (secondary N) is 3. The molecule has 0 atom stereocenters. The lowest BCUT2D eigenvalue weighted by molar-refractivity contribution is 0.252. The SMILES string of the molecule is O=C(NCCCCc1ccccc1)Nc1nc2ccccc2[nH]1. The second-order valence-corrected chi connectivity index (χ2v) is 5.43. The van der Waals surface area contributed by atoms with Crippen molar-refractivity contribution in [3.05, 3.63) is 60.2 Å². The Morgan fingerprint density at radius 1 is 1.00 bits per heavy atom. The van der Waals surface area contributed by atoms with Crippen LogP contribution in [0.5, 0.6) is 0 Å². The smallest absolute Gasteiger partial charge is 0.321 e. The third-order valence-corrected chi connectivity index (χ3v) is 3.64. The molecule has 1 heterocycles. The average Bonchev–Trinajstić information content (AvgIpc) is 2.97. The van der Waals surface area contributed by atoms with Crippen LogP contribution in [0.4, 0.5) is 10.7 Å². The molecule has 5 nitrogen and oxygen atoms in total. The fourth-order valence-corrected chi connectivity index (χ4v) is 2.46. The van der Waals surface area contributed by atoms with Crippen LogP contribution < -0.4 is 10.6 Å². The van der Waals surface area contributed by atoms with Gasteiger partial charge in [0.15, 0.2) is 0 Å². The summed E-state index contributed by atoms with van der Waals surface area (Å²) in [5, 5.41) is 5.57. The molecule has 3 N–H and O–H groups in total. The Bertz CT molecular complexity index is 734. The van der Waals surface area contributed by atoms with E-state index in [9.17, 15) is 4.79 Å². The van der Waals surface area contributed by atoms with Gasteiger partial charge in [-0.3, -0.25) is 5.32 Å². The molecule has 0 unspecified atom stereocenters. The summed E-state index contributed by atoms with van der Waals surface area (Å²) in [6.07, 6.45) is 3.03. The quantitative estimate of drug-likeness (QED) is 0.608. The molecule has 1 aromatic heterocycles. The number of fused-ring (bicyclic) bond motifs is 1. The van der Waals surface area contributed by atoms with E-state index in [-0.39, 0.29) is 6.03 Å². The number of nitrogens with zero attached hydrogens (tertiary/aromatic N) is 1. The molecule has 0 aliphatic rings. The van der Waals surface area contributed by atoms with E-state index in [4.69, 9.17) is 0 Å². The summed E-state index contributed by atoms with van der Waals surface area (Å²) in [6, 6.07) is 17.8. The van der Waals surface area contributed by atoms with Crippen molar-refractivity contribution < 1.29 is 4.79 Å². The number of amides is 2. The van der Waals surface area contributed by atoms with E-state index in [0.717, 1.165) is 30.3 Å². The molecule has 0 aliphatic carbocycles. The van der Waals surface area contributed by atoms with Crippen LogP contribution >= 0.6 is 0 Å². The Kier molecular flexibility index (Phi) is 4.88. The van der Waals surface area contributed by atoms with Gasteiger partial charge in [0, 0.05) is 6.54 Å². The molecular formula is C18H20N4O. The lowest BCUT2D eigenvalue weighted by atomic mass is 10.1. The molecule has 5 heteroatoms. The first-order valence-electron chi connectivity index (χ1n) is 7.85. The number of carbonyl (C=O) groups is 1. The van der Waals surface area contributed by atoms with Gasteiger partial charge < -0.3 is 10.3 Å². The summed E-state index contributed by atoms with van der Waals surface area (Å²) in [5.41, 5.74) is 3.08. The van der Waals surface area contributed by atoms with Gasteiger partial charge in [-0.15, -0.1) is 0 Å². The van der Waals surface area contributed by atoms with Crippen LogP contribution in [-0.2, 0) is 6.42 Å². The normalized spacial score (nSPS) is 10.6. The molecule has 118 valence electrons. The number of hydrogen-bond acceptors (Lipinski definition) is 2. The molecule has 0 spiro atoms. The largest absolute Gasteiger partial charge is 0.338 e. The third kappa shape index (κ3) is 4.32. The van der Waals surface area contributed by atoms with Crippen molar-refractivity contribution >= 4 is 23.0 Å². The number of para-hydroxylation sites is 2. The fraction of sp³-hybridized carbons (Fsp3) is 0.222. The van der Waals surface area contributed by atoms with Crippen molar-refractivity contribution in [1.82, 2.24) is 15.3 Å². The minimum Gasteiger partial charge on any atom is -0.338 e. The van der Waals surface area contributed by atoms with Crippen molar-refractivity contribution in [1.29, 1.82) is 0 Å². The number of aromatic amines is 1. The van der Waals surface area contributed by atoms with E-state index < -0.39 is 0 Å². The number of aromatic nitrogens is 2. The summed E-state index contributed by atoms with van der Waals surface area (Å²) in [7, 11) is 0. The first-order chi connectivity index (χ1) is 11.3. The van der Waals surface area contributed by atoms with Crippen LogP contribution in [0.3, 0.4) is 0 Å². The lowest BCUT2D eigenvalue weighted by Crippen LogP contribution is -2.30. The summed E-state index contributed by atoms with van der Waals surface area (Å²) in [4.78, 5) is 19.2. The molecule has 3 rings (SSSR count). The van der Waals surface area contributed by atoms with Gasteiger partial charge in [0.2, 0.25) is 5.95 Å². The molecular weight excluding hydrogens is 288 g/mol. The molecule has 0 saturated carbocycles. The molecule has 3 aromatic rings. The van der Waals surface area contributed by atoms with Gasteiger partial charge in [0.25, 0.3) is 0 Å². The summed E-state index contributed by atoms with van der Waals surface area (Å²) in [6.45, 7) is 0.652. The van der Waals surface area contributed by atoms with Crippen molar-refractivity contribution in [2.24, 2.45) is 0 Å². The van der Waals surface area contributed by atoms with Gasteiger partial charge in [0.1, 0.15) is 0 Å². The van der Waals surface area contributed by atoms with Gasteiger partial charge >= 0.3 is 6.03 Å². The molecule has 23 heavy (non-hydrogen) atoms. The van der Waals surface area contributed by atoms with Crippen LogP contribution in [0.15, 0.2) is 54.6 Å². The van der Waals surface area contributed by atoms with E-state index in [1.54, 1.807) is 0 Å². The highest BCUT2D eigenvalue weighted by Gasteiger charge is 2.05. The molecule has 2 amide bonds. The maximum atomic E-state index is 11.8. The molecule has 0 saturated heterocycles. The highest BCUT2D eigenvalue weighted by Crippen LogP contribution is 2.12. The predicted octanol–water partition coefficient (Wildman–Crippen LogP) is 3.71. The molecule has 2 aromatic carbocycles. The van der Waals surface area contributed by atoms with Crippen molar-refractivity contribution in [2.45, 2.75) is 19.3 Å². The number of rotatable bonds is 6. The molecule has 0 aliphatic heterocycles. The zero-order chi connectivity index (χ0) is 15.9. The zero-order valence-corrected chi connectivity index (χ0v) is 12.9. The van der Waals surface area contributed by atoms with Crippen LogP contribution in [0.25, 0.3) is 11.0 Å². The van der Waals surface area contributed by atoms with Crippen LogP contribution in [0.1, 0.15) is 18.4 Å². The van der Waals surface area contributed by atoms with Gasteiger partial charge in [-0.05, 0) is 37.0 Å². The van der Waals surface area contributed by atoms with Gasteiger partial charge in [-0.2, -0.15) is 0 Å². The van der Waals surface area contributed by atoms with Crippen LogP contribution in [0, 0.1) is 0 Å². The lowest BCUT2D eigenvalue weighted by Gasteiger charge is -2.05. The van der Waals surface area contributed by atoms with E-state index in [0.29, 0.717) is 12.5 Å². The van der Waals surface area contributed by atoms with Crippen LogP contribution in [0.2, 0.25) is 0 Å². The number of unbranched alkanes of at least 4 members (excludes halogenated alkanes) is 1. The van der Waals surface area contributed by atoms with E-state index in [1.807, 2.05) is 42.5 Å². The van der Waals surface area contributed by atoms with Crippen molar-refractivity contribution in [3.8, 4) is 0 Å². The number of aryl methyl sites for hydroxylation is 1. The number of urea groups is 1. The minimum absolute atomic E-state index is 0.233. The van der Waals surface area contributed by atoms with Gasteiger partial charge in [-0.1, -0.05) is 42.5 Å². The summed E-state index contributed by atoms with van der Waals surface area (Å²) in [5.74, 6) is 0.466. The van der Waals surface area contributed by atoms with Crippen molar-refractivity contribution in [3.63, 3.8) is 0 Å². The van der Waals surface area contributed by atoms with Gasteiger partial charge in [0.05, 0.1) is 11.0 Å². The Balaban J connectivity index is 1.38. The Morgan fingerprint density at radius 3 is 2.61 bits per heavy atom. The standard InChI is InChI=1S/C18H20N4O/c23-18(19-13-7-6-10-14-8-2-1-3-9-14)22-17-20-15-11-4-5-12-16(15)21-17/h1-5,8-9,11-12H,6-7,10,13H2,(H3,19,20,21,22,23). The predicted molar refractivity (Wildman–Crippen MR) is 92.5 cm³/mol. The minimum atomic E-state index is -0.233. The van der Waals surface area contributed by atoms with E-state index in [2.05, 4.69) is 32.7 Å². The molecule has 0 radical (unpaired) electrons. The summed E-state index contributed by atoms with van der Waals surface area (Å²) < 4.78 is 0. The molecule has 0 bridgehead atoms. The summed E-state index contributed by atoms with van der Waals surface area (Å²) >= 11 is 0. The number of H-pyrrole nitrogens is 1. The Labute approximate surface area is 135 Å². The maximum absolute atomic E-state index is 11.8. The monoisotopic (exact) mass is 308 g/mol. The third-order valence-electron chi connectivity index (χ3n) is 3.64. The van der Waals surface area contributed by atoms with Gasteiger partial charge in [-0.25, -0.2) is 9.78 Å². The second kappa shape index (κ2) is 7.45. The first-order valence-corrected chi connectivity index (χ1v) is 7.85. The Hall–Kier alpha value is -2.82. The second-order valence-electron chi connectivity index (χ2n) is 5.43. The highest BCUT2D eigenvalue weighted by molar-refractivity contribution is 5.89. The number of imidazole rings is 1. The fourth-order valence-electron chi connectivity index (χ4n) is 2.46.